The lowest BCUT2D eigenvalue weighted by Crippen LogP contribution is -2.69. The number of hydrogen-bond donors (Lipinski definition) is 1. The van der Waals surface area contributed by atoms with E-state index in [0.717, 1.165) is 61.8 Å². The van der Waals surface area contributed by atoms with Crippen molar-refractivity contribution in [2.24, 2.45) is 45.3 Å². The number of fused-ring (bicyclic) bond motifs is 7. The fraction of sp³-hybridized carbons (Fsp3) is 0.767. The van der Waals surface area contributed by atoms with Gasteiger partial charge in [0, 0.05) is 50.7 Å². The second kappa shape index (κ2) is 13.8. The topological polar surface area (TPSA) is 96.0 Å². The zero-order valence-electron chi connectivity index (χ0n) is 33.9. The third-order valence-electron chi connectivity index (χ3n) is 17.0. The van der Waals surface area contributed by atoms with Crippen LogP contribution in [-0.4, -0.2) is 99.7 Å². The van der Waals surface area contributed by atoms with Crippen LogP contribution in [0.15, 0.2) is 30.3 Å². The highest BCUT2D eigenvalue weighted by Crippen LogP contribution is 2.76. The molecular formula is C43H62F3N3O5S. The first-order valence-electron chi connectivity index (χ1n) is 20.5. The number of sulfone groups is 1. The predicted molar refractivity (Wildman–Crippen MR) is 208 cm³/mol. The van der Waals surface area contributed by atoms with Gasteiger partial charge >= 0.3 is 18.1 Å². The fourth-order valence-electron chi connectivity index (χ4n) is 14.1. The lowest BCUT2D eigenvalue weighted by molar-refractivity contribution is -0.222. The third-order valence-corrected chi connectivity index (χ3v) is 18.6. The van der Waals surface area contributed by atoms with Gasteiger partial charge in [-0.05, 0) is 120 Å². The van der Waals surface area contributed by atoms with Crippen LogP contribution < -0.4 is 5.32 Å². The van der Waals surface area contributed by atoms with Crippen LogP contribution in [0.5, 0.6) is 0 Å². The molecule has 5 fully saturated rings. The van der Waals surface area contributed by atoms with Crippen molar-refractivity contribution in [1.29, 1.82) is 0 Å². The number of hydrogen-bond acceptors (Lipinski definition) is 7. The summed E-state index contributed by atoms with van der Waals surface area (Å²) in [6.07, 6.45) is 5.61. The van der Waals surface area contributed by atoms with Crippen molar-refractivity contribution in [2.45, 2.75) is 110 Å². The molecule has 1 heterocycles. The van der Waals surface area contributed by atoms with Crippen LogP contribution in [0.25, 0.3) is 5.57 Å². The zero-order chi connectivity index (χ0) is 40.0. The Hall–Kier alpha value is -2.44. The van der Waals surface area contributed by atoms with E-state index in [-0.39, 0.29) is 56.5 Å². The van der Waals surface area contributed by atoms with Crippen LogP contribution in [0.4, 0.5) is 13.2 Å². The molecule has 6 aliphatic rings. The Morgan fingerprint density at radius 2 is 1.58 bits per heavy atom. The summed E-state index contributed by atoms with van der Waals surface area (Å²) in [4.78, 5) is 28.2. The van der Waals surface area contributed by atoms with E-state index in [9.17, 15) is 31.2 Å². The summed E-state index contributed by atoms with van der Waals surface area (Å²) in [6.45, 7) is 14.5. The predicted octanol–water partition coefficient (Wildman–Crippen LogP) is 7.39. The Kier molecular flexibility index (Phi) is 10.3. The van der Waals surface area contributed by atoms with E-state index in [1.165, 1.54) is 19.7 Å². The van der Waals surface area contributed by atoms with E-state index in [0.29, 0.717) is 50.0 Å². The molecule has 4 saturated carbocycles. The Labute approximate surface area is 326 Å². The van der Waals surface area contributed by atoms with E-state index in [1.807, 2.05) is 24.3 Å². The largest absolute Gasteiger partial charge is 0.471 e. The number of esters is 1. The second-order valence-corrected chi connectivity index (χ2v) is 21.7. The number of ether oxygens (including phenoxy) is 1. The molecule has 0 radical (unpaired) electrons. The van der Waals surface area contributed by atoms with Crippen LogP contribution in [-0.2, 0) is 19.4 Å². The lowest BCUT2D eigenvalue weighted by atomic mass is 9.33. The summed E-state index contributed by atoms with van der Waals surface area (Å²) in [5.74, 6) is -0.877. The minimum atomic E-state index is -4.93. The summed E-state index contributed by atoms with van der Waals surface area (Å²) in [5.41, 5.74) is 2.38. The number of alkyl halides is 3. The van der Waals surface area contributed by atoms with Gasteiger partial charge in [0.05, 0.1) is 24.2 Å². The van der Waals surface area contributed by atoms with E-state index in [2.05, 4.69) is 50.9 Å². The number of rotatable bonds is 7. The maximum Gasteiger partial charge on any atom is 0.471 e. The summed E-state index contributed by atoms with van der Waals surface area (Å²) in [5, 5.41) is 3.92. The molecule has 1 saturated heterocycles. The van der Waals surface area contributed by atoms with Crippen LogP contribution in [0.2, 0.25) is 0 Å². The number of amides is 1. The molecule has 1 aromatic carbocycles. The van der Waals surface area contributed by atoms with Crippen molar-refractivity contribution in [3.63, 3.8) is 0 Å². The average molecular weight is 790 g/mol. The first-order chi connectivity index (χ1) is 25.6. The van der Waals surface area contributed by atoms with Crippen molar-refractivity contribution >= 4 is 27.3 Å². The van der Waals surface area contributed by atoms with Gasteiger partial charge in [-0.2, -0.15) is 13.2 Å². The number of halogens is 3. The summed E-state index contributed by atoms with van der Waals surface area (Å²) < 4.78 is 71.1. The molecule has 306 valence electrons. The molecule has 7 rings (SSSR count). The van der Waals surface area contributed by atoms with Crippen LogP contribution >= 0.6 is 0 Å². The molecular weight excluding hydrogens is 728 g/mol. The highest BCUT2D eigenvalue weighted by molar-refractivity contribution is 7.91. The Bertz CT molecular complexity index is 1800. The van der Waals surface area contributed by atoms with Crippen LogP contribution in [0.1, 0.15) is 108 Å². The van der Waals surface area contributed by atoms with E-state index in [4.69, 9.17) is 4.74 Å². The van der Waals surface area contributed by atoms with Gasteiger partial charge in [0.25, 0.3) is 0 Å². The van der Waals surface area contributed by atoms with Crippen molar-refractivity contribution in [3.05, 3.63) is 41.5 Å². The first-order valence-corrected chi connectivity index (χ1v) is 22.4. The van der Waals surface area contributed by atoms with Gasteiger partial charge < -0.3 is 19.9 Å². The van der Waals surface area contributed by atoms with Crippen molar-refractivity contribution in [1.82, 2.24) is 15.1 Å². The summed E-state index contributed by atoms with van der Waals surface area (Å²) in [7, 11) is -0.235. The monoisotopic (exact) mass is 789 g/mol. The minimum Gasteiger partial charge on any atom is -0.465 e. The van der Waals surface area contributed by atoms with Gasteiger partial charge in [-0.25, -0.2) is 13.2 Å². The molecule has 0 spiro atoms. The van der Waals surface area contributed by atoms with Gasteiger partial charge in [0.1, 0.15) is 0 Å². The number of allylic oxidation sites excluding steroid dienone is 2. The second-order valence-electron chi connectivity index (χ2n) is 19.4. The molecule has 8 nitrogen and oxygen atoms in total. The van der Waals surface area contributed by atoms with Crippen molar-refractivity contribution in [2.75, 3.05) is 51.8 Å². The number of nitrogens with one attached hydrogen (secondary N) is 1. The molecule has 5 aliphatic carbocycles. The number of carbonyl (C=O) groups is 2. The molecule has 9 unspecified atom stereocenters. The van der Waals surface area contributed by atoms with Gasteiger partial charge in [0.15, 0.2) is 9.84 Å². The molecule has 12 heteroatoms. The van der Waals surface area contributed by atoms with Crippen LogP contribution in [0, 0.1) is 45.3 Å². The van der Waals surface area contributed by atoms with Crippen LogP contribution in [0.3, 0.4) is 0 Å². The SMILES string of the molecule is COC(=O)c1ccc(C2=CCC3(C)C(CCC4(C)C3CCC3C5C(N(C)C(=O)C(F)(F)F)CCC5(NCCN5CCS(=O)(=O)CC5)CCC34C)C2(C)C)cc1. The van der Waals surface area contributed by atoms with Gasteiger partial charge in [-0.3, -0.25) is 4.79 Å². The summed E-state index contributed by atoms with van der Waals surface area (Å²) >= 11 is 0. The first kappa shape index (κ1) is 40.7. The maximum atomic E-state index is 14.0. The Morgan fingerprint density at radius 1 is 0.909 bits per heavy atom. The standard InChI is InChI=1S/C43H62F3N3O5S/c1-38(2)30(28-8-10-29(11-9-28)36(50)54-7)14-17-39(3)33(38)16-18-41(5)34(39)13-12-31-35-32(48(6)37(51)43(44,45)46)15-19-42(35,21-20-40(31,41)4)47-22-23-49-24-26-55(52,53)27-25-49/h8-11,14,31-35,47H,12-13,15-27H2,1-7H3. The van der Waals surface area contributed by atoms with Gasteiger partial charge in [-0.1, -0.05) is 52.8 Å². The van der Waals surface area contributed by atoms with E-state index < -0.39 is 28.0 Å². The highest BCUT2D eigenvalue weighted by Gasteiger charge is 2.71. The number of methoxy groups -OCH3 is 1. The van der Waals surface area contributed by atoms with Gasteiger partial charge in [0.2, 0.25) is 0 Å². The smallest absolute Gasteiger partial charge is 0.465 e. The molecule has 0 aromatic heterocycles. The van der Waals surface area contributed by atoms with Crippen molar-refractivity contribution in [3.8, 4) is 0 Å². The summed E-state index contributed by atoms with van der Waals surface area (Å²) in [6, 6.07) is 7.27. The highest BCUT2D eigenvalue weighted by atomic mass is 32.2. The molecule has 1 N–H and O–H groups in total. The Balaban J connectivity index is 1.18. The molecule has 1 amide bonds. The molecule has 55 heavy (non-hydrogen) atoms. The maximum absolute atomic E-state index is 14.0. The van der Waals surface area contributed by atoms with Crippen molar-refractivity contribution < 1.29 is 35.9 Å². The molecule has 1 aromatic rings. The minimum absolute atomic E-state index is 0.0318. The number of nitrogens with zero attached hydrogens (tertiary/aromatic N) is 2. The van der Waals surface area contributed by atoms with E-state index >= 15 is 0 Å². The van der Waals surface area contributed by atoms with E-state index in [1.54, 1.807) is 0 Å². The number of benzene rings is 1. The quantitative estimate of drug-likeness (QED) is 0.288. The normalized spacial score (nSPS) is 39.5. The lowest BCUT2D eigenvalue weighted by Gasteiger charge is -2.72. The van der Waals surface area contributed by atoms with Gasteiger partial charge in [-0.15, -0.1) is 0 Å². The Morgan fingerprint density at radius 3 is 2.22 bits per heavy atom. The average Bonchev–Trinajstić information content (AvgIpc) is 3.51. The molecule has 9 atom stereocenters. The third kappa shape index (κ3) is 6.50. The molecule has 0 bridgehead atoms. The number of carbonyl (C=O) groups excluding carboxylic acids is 2. The molecule has 1 aliphatic heterocycles. The fourth-order valence-corrected chi connectivity index (χ4v) is 15.4. The zero-order valence-corrected chi connectivity index (χ0v) is 34.7.